The van der Waals surface area contributed by atoms with E-state index in [1.807, 2.05) is 56.3 Å². The largest absolute Gasteiger partial charge is 0.488 e. The number of hydrogen-bond acceptors (Lipinski definition) is 4. The summed E-state index contributed by atoms with van der Waals surface area (Å²) in [6, 6.07) is 12.9. The molecule has 1 heterocycles. The van der Waals surface area contributed by atoms with E-state index in [-0.39, 0.29) is 17.2 Å². The van der Waals surface area contributed by atoms with E-state index < -0.39 is 0 Å². The van der Waals surface area contributed by atoms with Gasteiger partial charge in [0.15, 0.2) is 0 Å². The summed E-state index contributed by atoms with van der Waals surface area (Å²) >= 11 is 10.3. The molecular formula is C20H17BrClNO3S. The fourth-order valence-corrected chi connectivity index (χ4v) is 4.14. The van der Waals surface area contributed by atoms with E-state index in [0.29, 0.717) is 22.3 Å². The lowest BCUT2D eigenvalue weighted by Crippen LogP contribution is -2.34. The van der Waals surface area contributed by atoms with Crippen LogP contribution >= 0.6 is 39.3 Å². The monoisotopic (exact) mass is 465 g/mol. The van der Waals surface area contributed by atoms with Crippen LogP contribution in [0.4, 0.5) is 4.79 Å². The van der Waals surface area contributed by atoms with Crippen molar-refractivity contribution in [3.63, 3.8) is 0 Å². The second kappa shape index (κ2) is 8.50. The maximum atomic E-state index is 12.4. The summed E-state index contributed by atoms with van der Waals surface area (Å²) in [4.78, 5) is 26.0. The summed E-state index contributed by atoms with van der Waals surface area (Å²) < 4.78 is 6.60. The minimum Gasteiger partial charge on any atom is -0.488 e. The van der Waals surface area contributed by atoms with Gasteiger partial charge in [0.1, 0.15) is 12.4 Å². The topological polar surface area (TPSA) is 46.6 Å². The molecule has 0 bridgehead atoms. The summed E-state index contributed by atoms with van der Waals surface area (Å²) in [5, 5.41) is 0.453. The molecule has 0 aromatic heterocycles. The number of ether oxygens (including phenoxy) is 1. The number of imide groups is 1. The number of amides is 2. The minimum absolute atomic E-state index is 0.154. The van der Waals surface area contributed by atoms with E-state index in [9.17, 15) is 9.59 Å². The summed E-state index contributed by atoms with van der Waals surface area (Å²) in [5.41, 5.74) is 1.83. The van der Waals surface area contributed by atoms with Crippen molar-refractivity contribution in [2.24, 2.45) is 0 Å². The van der Waals surface area contributed by atoms with Gasteiger partial charge >= 0.3 is 0 Å². The van der Waals surface area contributed by atoms with Crippen LogP contribution in [-0.2, 0) is 11.4 Å². The quantitative estimate of drug-likeness (QED) is 0.498. The first-order chi connectivity index (χ1) is 12.8. The molecule has 1 aliphatic heterocycles. The zero-order valence-corrected chi connectivity index (χ0v) is 17.9. The number of carbonyl (C=O) groups is 2. The molecule has 0 saturated carbocycles. The highest BCUT2D eigenvalue weighted by Gasteiger charge is 2.36. The molecule has 2 aromatic rings. The fourth-order valence-electron chi connectivity index (χ4n) is 2.54. The molecule has 2 aromatic carbocycles. The first-order valence-electron chi connectivity index (χ1n) is 8.29. The van der Waals surface area contributed by atoms with Crippen LogP contribution in [0, 0.1) is 0 Å². The van der Waals surface area contributed by atoms with Crippen LogP contribution in [0.25, 0.3) is 6.08 Å². The van der Waals surface area contributed by atoms with Crippen LogP contribution in [-0.4, -0.2) is 22.1 Å². The summed E-state index contributed by atoms with van der Waals surface area (Å²) in [5.74, 6) is 0.441. The maximum Gasteiger partial charge on any atom is 0.293 e. The number of rotatable bonds is 5. The molecule has 0 spiro atoms. The van der Waals surface area contributed by atoms with E-state index in [1.165, 1.54) is 4.90 Å². The third kappa shape index (κ3) is 4.75. The average molecular weight is 467 g/mol. The van der Waals surface area contributed by atoms with Crippen LogP contribution in [0.3, 0.4) is 0 Å². The molecule has 0 unspecified atom stereocenters. The highest BCUT2D eigenvalue weighted by atomic mass is 79.9. The molecule has 0 N–H and O–H groups in total. The summed E-state index contributed by atoms with van der Waals surface area (Å²) in [7, 11) is 0. The Hall–Kier alpha value is -1.76. The van der Waals surface area contributed by atoms with Crippen LogP contribution in [0.15, 0.2) is 51.8 Å². The third-order valence-corrected chi connectivity index (χ3v) is 5.66. The van der Waals surface area contributed by atoms with Crippen molar-refractivity contribution in [3.05, 3.63) is 68.0 Å². The van der Waals surface area contributed by atoms with E-state index in [4.69, 9.17) is 16.3 Å². The molecule has 3 rings (SSSR count). The fraction of sp³-hybridized carbons (Fsp3) is 0.200. The van der Waals surface area contributed by atoms with Gasteiger partial charge in [-0.15, -0.1) is 0 Å². The molecule has 1 fully saturated rings. The van der Waals surface area contributed by atoms with Crippen molar-refractivity contribution in [2.75, 3.05) is 0 Å². The standard InChI is InChI=1S/C20H17BrClNO3S/c1-12(2)23-19(24)18(27-20(23)25)10-14-5-8-17(16(21)9-14)26-11-13-3-6-15(22)7-4-13/h3-10,12H,11H2,1-2H3/b18-10+. The van der Waals surface area contributed by atoms with E-state index in [0.717, 1.165) is 27.4 Å². The van der Waals surface area contributed by atoms with Gasteiger partial charge in [-0.05, 0) is 83.0 Å². The minimum atomic E-state index is -0.251. The molecule has 0 aliphatic carbocycles. The molecular weight excluding hydrogens is 450 g/mol. The number of halogens is 2. The Balaban J connectivity index is 1.72. The van der Waals surface area contributed by atoms with Crippen LogP contribution in [0.2, 0.25) is 5.02 Å². The third-order valence-electron chi connectivity index (χ3n) is 3.90. The lowest BCUT2D eigenvalue weighted by molar-refractivity contribution is -0.123. The number of hydrogen-bond donors (Lipinski definition) is 0. The van der Waals surface area contributed by atoms with Gasteiger partial charge in [0.05, 0.1) is 9.38 Å². The average Bonchev–Trinajstić information content (AvgIpc) is 2.89. The van der Waals surface area contributed by atoms with Gasteiger partial charge in [-0.1, -0.05) is 29.8 Å². The van der Waals surface area contributed by atoms with Crippen molar-refractivity contribution in [1.82, 2.24) is 4.90 Å². The van der Waals surface area contributed by atoms with Crippen molar-refractivity contribution in [3.8, 4) is 5.75 Å². The first-order valence-corrected chi connectivity index (χ1v) is 10.3. The van der Waals surface area contributed by atoms with Crippen molar-refractivity contribution in [2.45, 2.75) is 26.5 Å². The van der Waals surface area contributed by atoms with Crippen molar-refractivity contribution < 1.29 is 14.3 Å². The Kier molecular flexibility index (Phi) is 6.29. The second-order valence-corrected chi connectivity index (χ2v) is 8.53. The van der Waals surface area contributed by atoms with Gasteiger partial charge in [0, 0.05) is 11.1 Å². The van der Waals surface area contributed by atoms with Crippen LogP contribution in [0.5, 0.6) is 5.75 Å². The van der Waals surface area contributed by atoms with Gasteiger partial charge < -0.3 is 4.74 Å². The number of thioether (sulfide) groups is 1. The smallest absolute Gasteiger partial charge is 0.293 e. The molecule has 1 saturated heterocycles. The predicted octanol–water partition coefficient (Wildman–Crippen LogP) is 6.13. The zero-order chi connectivity index (χ0) is 19.6. The first kappa shape index (κ1) is 20.0. The van der Waals surface area contributed by atoms with Crippen LogP contribution < -0.4 is 4.74 Å². The van der Waals surface area contributed by atoms with Crippen LogP contribution in [0.1, 0.15) is 25.0 Å². The Morgan fingerprint density at radius 1 is 1.19 bits per heavy atom. The second-order valence-electron chi connectivity index (χ2n) is 6.25. The highest BCUT2D eigenvalue weighted by molar-refractivity contribution is 9.10. The molecule has 0 atom stereocenters. The Labute approximate surface area is 175 Å². The van der Waals surface area contributed by atoms with Gasteiger partial charge in [0.25, 0.3) is 11.1 Å². The zero-order valence-electron chi connectivity index (χ0n) is 14.7. The molecule has 2 amide bonds. The Morgan fingerprint density at radius 3 is 2.48 bits per heavy atom. The van der Waals surface area contributed by atoms with E-state index in [1.54, 1.807) is 6.08 Å². The van der Waals surface area contributed by atoms with Gasteiger partial charge in [0.2, 0.25) is 0 Å². The summed E-state index contributed by atoms with van der Waals surface area (Å²) in [6.45, 7) is 4.06. The number of nitrogens with zero attached hydrogens (tertiary/aromatic N) is 1. The number of benzene rings is 2. The molecule has 0 radical (unpaired) electrons. The highest BCUT2D eigenvalue weighted by Crippen LogP contribution is 2.35. The van der Waals surface area contributed by atoms with Crippen molar-refractivity contribution in [1.29, 1.82) is 0 Å². The lowest BCUT2D eigenvalue weighted by atomic mass is 10.2. The molecule has 4 nitrogen and oxygen atoms in total. The molecule has 1 aliphatic rings. The summed E-state index contributed by atoms with van der Waals surface area (Å²) in [6.07, 6.45) is 1.72. The normalized spacial score (nSPS) is 15.9. The Morgan fingerprint density at radius 2 is 1.89 bits per heavy atom. The van der Waals surface area contributed by atoms with Gasteiger partial charge in [-0.3, -0.25) is 14.5 Å². The molecule has 7 heteroatoms. The molecule has 140 valence electrons. The SMILES string of the molecule is CC(C)N1C(=O)S/C(=C/c2ccc(OCc3ccc(Cl)cc3)c(Br)c2)C1=O. The number of carbonyl (C=O) groups excluding carboxylic acids is 2. The lowest BCUT2D eigenvalue weighted by Gasteiger charge is -2.16. The Bertz CT molecular complexity index is 912. The van der Waals surface area contributed by atoms with E-state index >= 15 is 0 Å². The molecule has 27 heavy (non-hydrogen) atoms. The van der Waals surface area contributed by atoms with E-state index in [2.05, 4.69) is 15.9 Å². The predicted molar refractivity (Wildman–Crippen MR) is 113 cm³/mol. The van der Waals surface area contributed by atoms with Gasteiger partial charge in [-0.2, -0.15) is 0 Å². The van der Waals surface area contributed by atoms with Crippen molar-refractivity contribution >= 4 is 56.5 Å². The maximum absolute atomic E-state index is 12.4. The van der Waals surface area contributed by atoms with Gasteiger partial charge in [-0.25, -0.2) is 0 Å².